The highest BCUT2D eigenvalue weighted by atomic mass is 79.9. The summed E-state index contributed by atoms with van der Waals surface area (Å²) in [6, 6.07) is 26.6. The lowest BCUT2D eigenvalue weighted by atomic mass is 10.1. The number of halogens is 2. The van der Waals surface area contributed by atoms with Gasteiger partial charge in [0.2, 0.25) is 23.5 Å². The van der Waals surface area contributed by atoms with Crippen molar-refractivity contribution < 1.29 is 9.47 Å². The van der Waals surface area contributed by atoms with Gasteiger partial charge in [0.05, 0.1) is 60.7 Å². The fourth-order valence-corrected chi connectivity index (χ4v) is 9.53. The molecule has 2 aliphatic rings. The molecule has 0 N–H and O–H groups in total. The zero-order valence-corrected chi connectivity index (χ0v) is 38.9. The van der Waals surface area contributed by atoms with E-state index in [0.29, 0.717) is 52.5 Å². The van der Waals surface area contributed by atoms with Gasteiger partial charge in [-0.05, 0) is 97.5 Å². The number of benzene rings is 4. The summed E-state index contributed by atoms with van der Waals surface area (Å²) < 4.78 is 19.9. The Morgan fingerprint density at radius 3 is 1.47 bits per heavy atom. The minimum Gasteiger partial charge on any atom is -0.493 e. The number of aromatic nitrogens is 8. The maximum Gasteiger partial charge on any atom is 0.263 e. The molecule has 0 radical (unpaired) electrons. The Morgan fingerprint density at radius 1 is 0.562 bits per heavy atom. The second kappa shape index (κ2) is 18.8. The van der Waals surface area contributed by atoms with Crippen molar-refractivity contribution in [1.29, 1.82) is 5.26 Å². The quantitative estimate of drug-likeness (QED) is 0.144. The van der Waals surface area contributed by atoms with Crippen LogP contribution in [0.1, 0.15) is 68.1 Å². The summed E-state index contributed by atoms with van der Waals surface area (Å²) in [5.74, 6) is 3.91. The maximum absolute atomic E-state index is 13.6. The first-order chi connectivity index (χ1) is 31.3. The molecule has 0 bridgehead atoms. The normalized spacial score (nSPS) is 14.6. The Bertz CT molecular complexity index is 3160. The van der Waals surface area contributed by atoms with E-state index >= 15 is 0 Å². The molecular formula is C47H47Br2N11O4. The van der Waals surface area contributed by atoms with Gasteiger partial charge < -0.3 is 19.3 Å². The third-order valence-electron chi connectivity index (χ3n) is 12.1. The summed E-state index contributed by atoms with van der Waals surface area (Å²) in [5.41, 5.74) is 3.83. The molecule has 4 aromatic carbocycles. The number of nitrogens with zero attached hydrogens (tertiary/aromatic N) is 11. The average Bonchev–Trinajstić information content (AvgIpc) is 3.72. The van der Waals surface area contributed by atoms with E-state index in [1.165, 1.54) is 25.7 Å². The summed E-state index contributed by atoms with van der Waals surface area (Å²) >= 11 is 7.03. The fraction of sp³-hybridized carbons (Fsp3) is 0.340. The van der Waals surface area contributed by atoms with Crippen LogP contribution < -0.4 is 30.4 Å². The van der Waals surface area contributed by atoms with Gasteiger partial charge in [0.15, 0.2) is 11.5 Å². The van der Waals surface area contributed by atoms with E-state index in [0.717, 1.165) is 94.9 Å². The first kappa shape index (κ1) is 43.0. The highest BCUT2D eigenvalue weighted by Gasteiger charge is 2.24. The van der Waals surface area contributed by atoms with Crippen LogP contribution in [-0.2, 0) is 13.1 Å². The first-order valence-corrected chi connectivity index (χ1v) is 23.2. The van der Waals surface area contributed by atoms with Gasteiger partial charge in [0.1, 0.15) is 0 Å². The van der Waals surface area contributed by atoms with Crippen LogP contribution in [0.4, 0.5) is 11.9 Å². The Morgan fingerprint density at radius 2 is 1.02 bits per heavy atom. The topological polar surface area (TPSA) is 153 Å². The van der Waals surface area contributed by atoms with Crippen LogP contribution >= 0.6 is 31.9 Å². The predicted octanol–water partition coefficient (Wildman–Crippen LogP) is 8.36. The smallest absolute Gasteiger partial charge is 0.263 e. The SMILES string of the molecule is COc1ccc(Cn2c(=O)c3cc(Br)ccc3n3c(N4CCCCCC4)nnc23)cc1OC.N#Cc1ccc(Cn2c(=O)c3cc(Br)ccc3n3c(N4CCCCCC4)nnc23)cc1. The molecule has 6 heterocycles. The van der Waals surface area contributed by atoms with Crippen molar-refractivity contribution in [2.45, 2.75) is 64.5 Å². The lowest BCUT2D eigenvalue weighted by molar-refractivity contribution is 0.354. The van der Waals surface area contributed by atoms with E-state index in [1.54, 1.807) is 35.5 Å². The number of anilines is 2. The zero-order chi connectivity index (χ0) is 44.3. The summed E-state index contributed by atoms with van der Waals surface area (Å²) in [5, 5.41) is 28.3. The Hall–Kier alpha value is -6.25. The van der Waals surface area contributed by atoms with Crippen molar-refractivity contribution >= 4 is 77.1 Å². The molecule has 0 unspecified atom stereocenters. The minimum absolute atomic E-state index is 0.108. The molecular weight excluding hydrogens is 942 g/mol. The minimum atomic E-state index is -0.108. The number of nitriles is 1. The van der Waals surface area contributed by atoms with E-state index < -0.39 is 0 Å². The van der Waals surface area contributed by atoms with Crippen LogP contribution in [0.2, 0.25) is 0 Å². The number of rotatable bonds is 8. The van der Waals surface area contributed by atoms with Crippen LogP contribution in [0, 0.1) is 11.3 Å². The highest BCUT2D eigenvalue weighted by molar-refractivity contribution is 9.10. The molecule has 15 nitrogen and oxygen atoms in total. The van der Waals surface area contributed by atoms with Gasteiger partial charge in [0.25, 0.3) is 11.1 Å². The van der Waals surface area contributed by atoms with Gasteiger partial charge in [-0.25, -0.2) is 8.80 Å². The Kier molecular flexibility index (Phi) is 12.7. The summed E-state index contributed by atoms with van der Waals surface area (Å²) in [4.78, 5) is 31.6. The van der Waals surface area contributed by atoms with Gasteiger partial charge >= 0.3 is 0 Å². The van der Waals surface area contributed by atoms with Gasteiger partial charge in [-0.1, -0.05) is 75.7 Å². The lowest BCUT2D eigenvalue weighted by Crippen LogP contribution is -2.28. The zero-order valence-electron chi connectivity index (χ0n) is 35.7. The molecule has 328 valence electrons. The van der Waals surface area contributed by atoms with Gasteiger partial charge in [-0.3, -0.25) is 18.7 Å². The van der Waals surface area contributed by atoms with Gasteiger partial charge in [-0.2, -0.15) is 5.26 Å². The molecule has 64 heavy (non-hydrogen) atoms. The molecule has 2 aliphatic heterocycles. The molecule has 10 rings (SSSR count). The largest absolute Gasteiger partial charge is 0.493 e. The number of hydrogen-bond acceptors (Lipinski definition) is 11. The Balaban J connectivity index is 0.000000162. The van der Waals surface area contributed by atoms with Crippen LogP contribution in [0.3, 0.4) is 0 Å². The molecule has 0 spiro atoms. The molecule has 2 fully saturated rings. The van der Waals surface area contributed by atoms with E-state index in [-0.39, 0.29) is 11.1 Å². The monoisotopic (exact) mass is 987 g/mol. The molecule has 4 aromatic heterocycles. The summed E-state index contributed by atoms with van der Waals surface area (Å²) in [6.07, 6.45) is 9.42. The van der Waals surface area contributed by atoms with Crippen molar-refractivity contribution in [2.75, 3.05) is 50.2 Å². The van der Waals surface area contributed by atoms with Crippen LogP contribution in [0.25, 0.3) is 33.4 Å². The standard InChI is InChI=1S/C24H26BrN5O3.C23H21BrN6O/c1-32-20-10-7-16(13-21(20)33-2)15-29-22(31)18-14-17(25)8-9-19(18)30-23(26-27-24(29)30)28-11-5-3-4-6-12-28;24-18-9-10-20-19(13-18)21(31)29(15-17-7-5-16(14-25)6-8-17)23-27-26-22(30(20)23)28-11-3-1-2-4-12-28/h7-10,13-14H,3-6,11-12,15H2,1-2H3;5-10,13H,1-4,11-12,15H2. The third kappa shape index (κ3) is 8.44. The number of fused-ring (bicyclic) bond motifs is 6. The Labute approximate surface area is 385 Å². The van der Waals surface area contributed by atoms with E-state index in [1.807, 2.05) is 75.5 Å². The summed E-state index contributed by atoms with van der Waals surface area (Å²) in [7, 11) is 3.21. The molecule has 8 aromatic rings. The van der Waals surface area contributed by atoms with Gasteiger partial charge in [0, 0.05) is 35.1 Å². The number of hydrogen-bond donors (Lipinski definition) is 0. The second-order valence-electron chi connectivity index (χ2n) is 16.2. The fourth-order valence-electron chi connectivity index (χ4n) is 8.80. The molecule has 2 saturated heterocycles. The van der Waals surface area contributed by atoms with Crippen molar-refractivity contribution in [3.8, 4) is 17.6 Å². The van der Waals surface area contributed by atoms with Crippen LogP contribution in [0.5, 0.6) is 11.5 Å². The third-order valence-corrected chi connectivity index (χ3v) is 13.1. The van der Waals surface area contributed by atoms with E-state index in [2.05, 4.69) is 68.1 Å². The molecule has 0 aliphatic carbocycles. The average molecular weight is 990 g/mol. The number of methoxy groups -OCH3 is 2. The highest BCUT2D eigenvalue weighted by Crippen LogP contribution is 2.30. The van der Waals surface area contributed by atoms with Crippen molar-refractivity contribution in [2.24, 2.45) is 0 Å². The maximum atomic E-state index is 13.6. The number of ether oxygens (including phenoxy) is 2. The molecule has 0 amide bonds. The summed E-state index contributed by atoms with van der Waals surface area (Å²) in [6.45, 7) is 4.44. The van der Waals surface area contributed by atoms with Crippen molar-refractivity contribution in [1.82, 2.24) is 38.3 Å². The van der Waals surface area contributed by atoms with Crippen molar-refractivity contribution in [3.63, 3.8) is 0 Å². The first-order valence-electron chi connectivity index (χ1n) is 21.6. The second-order valence-corrected chi connectivity index (χ2v) is 18.0. The van der Waals surface area contributed by atoms with Gasteiger partial charge in [-0.15, -0.1) is 20.4 Å². The molecule has 17 heteroatoms. The van der Waals surface area contributed by atoms with E-state index in [4.69, 9.17) is 14.7 Å². The lowest BCUT2D eigenvalue weighted by Gasteiger charge is -2.21. The molecule has 0 atom stereocenters. The van der Waals surface area contributed by atoms with Crippen LogP contribution in [-0.4, -0.2) is 78.7 Å². The van der Waals surface area contributed by atoms with E-state index in [9.17, 15) is 9.59 Å². The molecule has 0 saturated carbocycles. The van der Waals surface area contributed by atoms with Crippen LogP contribution in [0.15, 0.2) is 97.4 Å². The van der Waals surface area contributed by atoms with Crippen molar-refractivity contribution in [3.05, 3.63) is 125 Å². The predicted molar refractivity (Wildman–Crippen MR) is 255 cm³/mol.